The first-order valence-electron chi connectivity index (χ1n) is 7.80. The Balaban J connectivity index is 1.54. The molecule has 2 heterocycles. The first-order valence-corrected chi connectivity index (χ1v) is 7.80. The van der Waals surface area contributed by atoms with E-state index in [-0.39, 0.29) is 6.29 Å². The molecule has 1 fully saturated rings. The second-order valence-corrected chi connectivity index (χ2v) is 5.68. The Morgan fingerprint density at radius 3 is 2.62 bits per heavy atom. The minimum absolute atomic E-state index is 0.229. The van der Waals surface area contributed by atoms with Crippen molar-refractivity contribution in [2.45, 2.75) is 6.29 Å². The van der Waals surface area contributed by atoms with Gasteiger partial charge in [-0.15, -0.1) is 0 Å². The molecule has 0 unspecified atom stereocenters. The second-order valence-electron chi connectivity index (χ2n) is 5.68. The summed E-state index contributed by atoms with van der Waals surface area (Å²) in [6.45, 7) is 3.90. The van der Waals surface area contributed by atoms with E-state index in [1.807, 2.05) is 11.0 Å². The number of urea groups is 1. The Labute approximate surface area is 140 Å². The van der Waals surface area contributed by atoms with Crippen molar-refractivity contribution in [3.8, 4) is 0 Å². The topological polar surface area (TPSA) is 104 Å². The van der Waals surface area contributed by atoms with E-state index in [4.69, 9.17) is 20.6 Å². The standard InChI is InChI=1S/C16H21N5O3/c17-15(12-2-1-3-13(10-12)19-16(18)22)21-6-4-20(5-7-21)11-14-23-8-9-24-14/h1-3,8-10,14,17H,4-7,11H2,(H3,18,19,22). The number of rotatable bonds is 4. The van der Waals surface area contributed by atoms with E-state index in [2.05, 4.69) is 10.2 Å². The lowest BCUT2D eigenvalue weighted by molar-refractivity contribution is -0.0496. The fraction of sp³-hybridized carbons (Fsp3) is 0.375. The first kappa shape index (κ1) is 16.1. The molecule has 0 saturated carbocycles. The predicted molar refractivity (Wildman–Crippen MR) is 89.6 cm³/mol. The van der Waals surface area contributed by atoms with Gasteiger partial charge in [-0.3, -0.25) is 10.3 Å². The molecule has 0 atom stereocenters. The highest BCUT2D eigenvalue weighted by molar-refractivity contribution is 5.98. The summed E-state index contributed by atoms with van der Waals surface area (Å²) in [6.07, 6.45) is 2.89. The molecule has 1 aromatic rings. The maximum absolute atomic E-state index is 10.9. The quantitative estimate of drug-likeness (QED) is 0.563. The number of nitrogens with one attached hydrogen (secondary N) is 2. The fourth-order valence-corrected chi connectivity index (χ4v) is 2.79. The molecule has 3 rings (SSSR count). The molecule has 2 aliphatic heterocycles. The molecule has 0 spiro atoms. The molecule has 4 N–H and O–H groups in total. The van der Waals surface area contributed by atoms with Crippen LogP contribution in [0.3, 0.4) is 0 Å². The summed E-state index contributed by atoms with van der Waals surface area (Å²) in [7, 11) is 0. The van der Waals surface area contributed by atoms with Crippen molar-refractivity contribution in [2.24, 2.45) is 5.73 Å². The van der Waals surface area contributed by atoms with Gasteiger partial charge in [-0.2, -0.15) is 0 Å². The van der Waals surface area contributed by atoms with Crippen LogP contribution in [0.1, 0.15) is 5.56 Å². The van der Waals surface area contributed by atoms with Crippen molar-refractivity contribution in [3.05, 3.63) is 42.4 Å². The van der Waals surface area contributed by atoms with Crippen molar-refractivity contribution in [1.82, 2.24) is 9.80 Å². The maximum atomic E-state index is 10.9. The van der Waals surface area contributed by atoms with Crippen LogP contribution in [0.2, 0.25) is 0 Å². The number of anilines is 1. The van der Waals surface area contributed by atoms with E-state index >= 15 is 0 Å². The number of ether oxygens (including phenoxy) is 2. The molecule has 1 aromatic carbocycles. The highest BCUT2D eigenvalue weighted by atomic mass is 16.7. The highest BCUT2D eigenvalue weighted by Gasteiger charge is 2.24. The summed E-state index contributed by atoms with van der Waals surface area (Å²) >= 11 is 0. The Kier molecular flexibility index (Phi) is 4.85. The molecule has 2 amide bonds. The maximum Gasteiger partial charge on any atom is 0.316 e. The van der Waals surface area contributed by atoms with Gasteiger partial charge in [-0.25, -0.2) is 4.79 Å². The van der Waals surface area contributed by atoms with E-state index in [0.29, 0.717) is 18.1 Å². The van der Waals surface area contributed by atoms with E-state index in [1.54, 1.807) is 30.7 Å². The number of piperazine rings is 1. The molecule has 0 bridgehead atoms. The fourth-order valence-electron chi connectivity index (χ4n) is 2.79. The Morgan fingerprint density at radius 2 is 1.96 bits per heavy atom. The number of nitrogens with zero attached hydrogens (tertiary/aromatic N) is 2. The third-order valence-electron chi connectivity index (χ3n) is 4.02. The molecule has 8 heteroatoms. The monoisotopic (exact) mass is 331 g/mol. The van der Waals surface area contributed by atoms with Crippen LogP contribution in [0.25, 0.3) is 0 Å². The average Bonchev–Trinajstić information content (AvgIpc) is 3.07. The molecule has 2 aliphatic rings. The van der Waals surface area contributed by atoms with Crippen molar-refractivity contribution < 1.29 is 14.3 Å². The van der Waals surface area contributed by atoms with Crippen LogP contribution in [0, 0.1) is 5.41 Å². The van der Waals surface area contributed by atoms with Gasteiger partial charge in [0, 0.05) is 37.4 Å². The summed E-state index contributed by atoms with van der Waals surface area (Å²) in [4.78, 5) is 15.2. The number of amides is 2. The van der Waals surface area contributed by atoms with Gasteiger partial charge in [0.15, 0.2) is 0 Å². The smallest absolute Gasteiger partial charge is 0.316 e. The number of primary amides is 1. The summed E-state index contributed by atoms with van der Waals surface area (Å²) in [5, 5.41) is 10.9. The van der Waals surface area contributed by atoms with Gasteiger partial charge in [-0.05, 0) is 12.1 Å². The van der Waals surface area contributed by atoms with Gasteiger partial charge in [0.05, 0.1) is 6.54 Å². The molecule has 24 heavy (non-hydrogen) atoms. The number of benzene rings is 1. The number of hydrogen-bond donors (Lipinski definition) is 3. The van der Waals surface area contributed by atoms with Gasteiger partial charge >= 0.3 is 6.03 Å². The normalized spacial score (nSPS) is 18.1. The molecule has 1 saturated heterocycles. The lowest BCUT2D eigenvalue weighted by Gasteiger charge is -2.36. The van der Waals surface area contributed by atoms with E-state index < -0.39 is 6.03 Å². The number of carbonyl (C=O) groups is 1. The largest absolute Gasteiger partial charge is 0.458 e. The van der Waals surface area contributed by atoms with Crippen molar-refractivity contribution >= 4 is 17.6 Å². The average molecular weight is 331 g/mol. The highest BCUT2D eigenvalue weighted by Crippen LogP contribution is 2.15. The van der Waals surface area contributed by atoms with Gasteiger partial charge in [0.1, 0.15) is 18.4 Å². The third kappa shape index (κ3) is 3.96. The Morgan fingerprint density at radius 1 is 1.25 bits per heavy atom. The van der Waals surface area contributed by atoms with E-state index in [0.717, 1.165) is 31.7 Å². The molecule has 0 aliphatic carbocycles. The minimum atomic E-state index is -0.613. The lowest BCUT2D eigenvalue weighted by atomic mass is 10.1. The lowest BCUT2D eigenvalue weighted by Crippen LogP contribution is -2.50. The zero-order chi connectivity index (χ0) is 16.9. The number of carbonyl (C=O) groups excluding carboxylic acids is 1. The SMILES string of the molecule is N=C(c1cccc(NC(N)=O)c1)N1CCN(CC2OC=CO2)CC1. The van der Waals surface area contributed by atoms with Crippen molar-refractivity contribution in [1.29, 1.82) is 5.41 Å². The molecular formula is C16H21N5O3. The van der Waals surface area contributed by atoms with Crippen LogP contribution in [0.15, 0.2) is 36.8 Å². The van der Waals surface area contributed by atoms with E-state index in [9.17, 15) is 4.79 Å². The summed E-state index contributed by atoms with van der Waals surface area (Å²) in [5.74, 6) is 0.442. The van der Waals surface area contributed by atoms with Gasteiger partial charge in [0.2, 0.25) is 0 Å². The molecule has 0 radical (unpaired) electrons. The minimum Gasteiger partial charge on any atom is -0.458 e. The Bertz CT molecular complexity index is 632. The van der Waals surface area contributed by atoms with Crippen LogP contribution in [-0.2, 0) is 9.47 Å². The molecular weight excluding hydrogens is 310 g/mol. The van der Waals surface area contributed by atoms with Crippen LogP contribution < -0.4 is 11.1 Å². The van der Waals surface area contributed by atoms with Gasteiger partial charge < -0.3 is 25.4 Å². The number of amidine groups is 1. The first-order chi connectivity index (χ1) is 11.6. The summed E-state index contributed by atoms with van der Waals surface area (Å²) in [6, 6.07) is 6.54. The second kappa shape index (κ2) is 7.22. The van der Waals surface area contributed by atoms with Gasteiger partial charge in [-0.1, -0.05) is 12.1 Å². The zero-order valence-electron chi connectivity index (χ0n) is 13.3. The summed E-state index contributed by atoms with van der Waals surface area (Å²) in [5.41, 5.74) is 6.47. The predicted octanol–water partition coefficient (Wildman–Crippen LogP) is 0.964. The van der Waals surface area contributed by atoms with Crippen molar-refractivity contribution in [2.75, 3.05) is 38.0 Å². The Hall–Kier alpha value is -2.74. The van der Waals surface area contributed by atoms with Crippen molar-refractivity contribution in [3.63, 3.8) is 0 Å². The van der Waals surface area contributed by atoms with E-state index in [1.165, 1.54) is 0 Å². The van der Waals surface area contributed by atoms with Gasteiger partial charge in [0.25, 0.3) is 6.29 Å². The summed E-state index contributed by atoms with van der Waals surface area (Å²) < 4.78 is 10.6. The third-order valence-corrected chi connectivity index (χ3v) is 4.02. The van der Waals surface area contributed by atoms with Crippen LogP contribution >= 0.6 is 0 Å². The zero-order valence-corrected chi connectivity index (χ0v) is 13.3. The number of hydrogen-bond acceptors (Lipinski definition) is 5. The van der Waals surface area contributed by atoms with Crippen LogP contribution in [-0.4, -0.2) is 60.7 Å². The molecule has 8 nitrogen and oxygen atoms in total. The molecule has 0 aromatic heterocycles. The van der Waals surface area contributed by atoms with Crippen LogP contribution in [0.4, 0.5) is 10.5 Å². The van der Waals surface area contributed by atoms with Crippen LogP contribution in [0.5, 0.6) is 0 Å². The number of nitrogens with two attached hydrogens (primary N) is 1. The molecule has 128 valence electrons.